The van der Waals surface area contributed by atoms with Gasteiger partial charge >= 0.3 is 0 Å². The molecule has 134 valence electrons. The molecule has 2 N–H and O–H groups in total. The van der Waals surface area contributed by atoms with Gasteiger partial charge in [0.05, 0.1) is 6.21 Å². The molecule has 0 atom stereocenters. The third-order valence-corrected chi connectivity index (χ3v) is 5.36. The van der Waals surface area contributed by atoms with Crippen LogP contribution in [0.4, 0.5) is 0 Å². The zero-order valence-electron chi connectivity index (χ0n) is 15.0. The number of benzene rings is 2. The van der Waals surface area contributed by atoms with E-state index in [-0.39, 0.29) is 5.91 Å². The van der Waals surface area contributed by atoms with Crippen LogP contribution in [0.25, 0.3) is 21.5 Å². The van der Waals surface area contributed by atoms with E-state index < -0.39 is 0 Å². The minimum Gasteiger partial charge on any atom is -0.358 e. The summed E-state index contributed by atoms with van der Waals surface area (Å²) in [4.78, 5) is 21.2. The number of carbonyl (C=O) groups excluding carboxylic acids is 1. The minimum absolute atomic E-state index is 0.306. The number of fused-ring (bicyclic) bond motifs is 1. The summed E-state index contributed by atoms with van der Waals surface area (Å²) >= 11 is 1.50. The monoisotopic (exact) mass is 374 g/mol. The average Bonchev–Trinajstić information content (AvgIpc) is 3.22. The molecule has 2 heterocycles. The van der Waals surface area contributed by atoms with E-state index in [0.29, 0.717) is 5.69 Å². The first-order chi connectivity index (χ1) is 13.1. The molecule has 0 aliphatic carbocycles. The van der Waals surface area contributed by atoms with Gasteiger partial charge in [0.25, 0.3) is 5.91 Å². The highest BCUT2D eigenvalue weighted by Crippen LogP contribution is 2.27. The maximum absolute atomic E-state index is 12.5. The van der Waals surface area contributed by atoms with Gasteiger partial charge in [-0.15, -0.1) is 11.3 Å². The maximum atomic E-state index is 12.5. The summed E-state index contributed by atoms with van der Waals surface area (Å²) in [6.07, 6.45) is 1.67. The number of amides is 1. The molecule has 4 aromatic rings. The number of nitrogens with zero attached hydrogens (tertiary/aromatic N) is 2. The Labute approximate surface area is 160 Å². The molecule has 27 heavy (non-hydrogen) atoms. The van der Waals surface area contributed by atoms with Crippen molar-refractivity contribution in [3.8, 4) is 10.6 Å². The molecule has 5 nitrogen and oxygen atoms in total. The second-order valence-corrected chi connectivity index (χ2v) is 7.40. The zero-order valence-corrected chi connectivity index (χ0v) is 15.8. The Kier molecular flexibility index (Phi) is 4.56. The van der Waals surface area contributed by atoms with Crippen LogP contribution >= 0.6 is 11.3 Å². The fourth-order valence-corrected chi connectivity index (χ4v) is 3.90. The van der Waals surface area contributed by atoms with E-state index in [1.165, 1.54) is 11.3 Å². The number of hydrazone groups is 1. The third-order valence-electron chi connectivity index (χ3n) is 4.34. The summed E-state index contributed by atoms with van der Waals surface area (Å²) in [5.41, 5.74) is 7.02. The van der Waals surface area contributed by atoms with Crippen molar-refractivity contribution in [3.63, 3.8) is 0 Å². The molecule has 0 aliphatic rings. The molecule has 0 saturated heterocycles. The van der Waals surface area contributed by atoms with E-state index in [1.54, 1.807) is 6.21 Å². The molecule has 2 aromatic carbocycles. The summed E-state index contributed by atoms with van der Waals surface area (Å²) in [5, 5.41) is 6.05. The lowest BCUT2D eigenvalue weighted by molar-refractivity contribution is 0.0950. The van der Waals surface area contributed by atoms with Gasteiger partial charge in [-0.25, -0.2) is 10.4 Å². The fourth-order valence-electron chi connectivity index (χ4n) is 2.98. The Hall–Kier alpha value is -3.25. The molecular weight excluding hydrogens is 356 g/mol. The second-order valence-electron chi connectivity index (χ2n) is 6.20. The normalized spacial score (nSPS) is 11.3. The van der Waals surface area contributed by atoms with Crippen molar-refractivity contribution in [1.29, 1.82) is 0 Å². The van der Waals surface area contributed by atoms with Crippen molar-refractivity contribution >= 4 is 34.4 Å². The Morgan fingerprint density at radius 3 is 2.67 bits per heavy atom. The lowest BCUT2D eigenvalue weighted by Gasteiger charge is -1.98. The highest BCUT2D eigenvalue weighted by molar-refractivity contribution is 7.15. The van der Waals surface area contributed by atoms with Crippen molar-refractivity contribution in [2.45, 2.75) is 13.8 Å². The van der Waals surface area contributed by atoms with Crippen molar-refractivity contribution < 1.29 is 4.79 Å². The zero-order chi connectivity index (χ0) is 18.8. The van der Waals surface area contributed by atoms with Crippen LogP contribution in [-0.2, 0) is 0 Å². The molecule has 2 aromatic heterocycles. The lowest BCUT2D eigenvalue weighted by atomic mass is 10.1. The van der Waals surface area contributed by atoms with E-state index in [1.807, 2.05) is 68.4 Å². The third kappa shape index (κ3) is 3.39. The molecule has 0 spiro atoms. The largest absolute Gasteiger partial charge is 0.358 e. The van der Waals surface area contributed by atoms with Crippen molar-refractivity contribution in [2.24, 2.45) is 5.10 Å². The first kappa shape index (κ1) is 17.2. The number of hydrogen-bond acceptors (Lipinski definition) is 4. The van der Waals surface area contributed by atoms with E-state index in [2.05, 4.69) is 20.5 Å². The first-order valence-electron chi connectivity index (χ1n) is 8.57. The molecule has 0 unspecified atom stereocenters. The summed E-state index contributed by atoms with van der Waals surface area (Å²) in [6.45, 7) is 3.88. The molecule has 0 bridgehead atoms. The molecule has 0 fully saturated rings. The predicted octanol–water partition coefficient (Wildman–Crippen LogP) is 4.67. The topological polar surface area (TPSA) is 70.1 Å². The van der Waals surface area contributed by atoms with Crippen LogP contribution in [-0.4, -0.2) is 22.1 Å². The van der Waals surface area contributed by atoms with Crippen molar-refractivity contribution in [3.05, 3.63) is 76.4 Å². The van der Waals surface area contributed by atoms with Gasteiger partial charge in [-0.3, -0.25) is 4.79 Å². The molecular formula is C21H18N4OS. The number of thiazole rings is 1. The average molecular weight is 374 g/mol. The highest BCUT2D eigenvalue weighted by Gasteiger charge is 2.16. The number of nitrogens with one attached hydrogen (secondary N) is 2. The van der Waals surface area contributed by atoms with E-state index in [9.17, 15) is 4.79 Å². The maximum Gasteiger partial charge on any atom is 0.291 e. The van der Waals surface area contributed by atoms with Crippen LogP contribution in [0.1, 0.15) is 26.6 Å². The quantitative estimate of drug-likeness (QED) is 0.402. The molecule has 6 heteroatoms. The number of para-hydroxylation sites is 1. The van der Waals surface area contributed by atoms with E-state index in [0.717, 1.165) is 37.6 Å². The van der Waals surface area contributed by atoms with Crippen molar-refractivity contribution in [1.82, 2.24) is 15.4 Å². The Morgan fingerprint density at radius 1 is 1.11 bits per heavy atom. The smallest absolute Gasteiger partial charge is 0.291 e. The fraction of sp³-hybridized carbons (Fsp3) is 0.0952. The van der Waals surface area contributed by atoms with Crippen LogP contribution in [0, 0.1) is 13.8 Å². The summed E-state index contributed by atoms with van der Waals surface area (Å²) < 4.78 is 0. The van der Waals surface area contributed by atoms with E-state index >= 15 is 0 Å². The summed E-state index contributed by atoms with van der Waals surface area (Å²) in [5.74, 6) is -0.306. The van der Waals surface area contributed by atoms with Crippen LogP contribution in [0.15, 0.2) is 59.7 Å². The second kappa shape index (κ2) is 7.17. The minimum atomic E-state index is -0.306. The molecule has 0 aliphatic heterocycles. The lowest BCUT2D eigenvalue weighted by Crippen LogP contribution is -2.19. The number of H-pyrrole nitrogens is 1. The number of rotatable bonds is 4. The molecule has 1 amide bonds. The number of aromatic nitrogens is 2. The van der Waals surface area contributed by atoms with Gasteiger partial charge in [-0.1, -0.05) is 48.5 Å². The van der Waals surface area contributed by atoms with Gasteiger partial charge in [0, 0.05) is 32.6 Å². The van der Waals surface area contributed by atoms with Gasteiger partial charge in [0.2, 0.25) is 0 Å². The number of carbonyl (C=O) groups is 1. The summed E-state index contributed by atoms with van der Waals surface area (Å²) in [7, 11) is 0. The Morgan fingerprint density at radius 2 is 1.85 bits per heavy atom. The van der Waals surface area contributed by atoms with E-state index in [4.69, 9.17) is 0 Å². The van der Waals surface area contributed by atoms with Crippen LogP contribution in [0.2, 0.25) is 0 Å². The van der Waals surface area contributed by atoms with Gasteiger partial charge in [-0.05, 0) is 19.9 Å². The molecule has 0 radical (unpaired) electrons. The Balaban J connectivity index is 1.54. The van der Waals surface area contributed by atoms with Gasteiger partial charge in [0.1, 0.15) is 10.7 Å². The standard InChI is InChI=1S/C21H18N4OS/c1-13-17(16-10-6-7-11-18(16)23-13)12-22-25-20(26)19-14(2)27-21(24-19)15-8-4-3-5-9-15/h3-12,23H,1-2H3,(H,25,26)/b22-12-. The van der Waals surface area contributed by atoms with Crippen LogP contribution in [0.5, 0.6) is 0 Å². The number of aromatic amines is 1. The SMILES string of the molecule is Cc1[nH]c2ccccc2c1/C=N\NC(=O)c1nc(-c2ccccc2)sc1C. The van der Waals surface area contributed by atoms with Gasteiger partial charge in [0.15, 0.2) is 0 Å². The van der Waals surface area contributed by atoms with Crippen LogP contribution in [0.3, 0.4) is 0 Å². The number of aryl methyl sites for hydroxylation is 2. The predicted molar refractivity (Wildman–Crippen MR) is 110 cm³/mol. The van der Waals surface area contributed by atoms with Crippen molar-refractivity contribution in [2.75, 3.05) is 0 Å². The number of hydrogen-bond donors (Lipinski definition) is 2. The Bertz CT molecular complexity index is 1140. The highest BCUT2D eigenvalue weighted by atomic mass is 32.1. The van der Waals surface area contributed by atoms with Gasteiger partial charge in [-0.2, -0.15) is 5.10 Å². The molecule has 4 rings (SSSR count). The summed E-state index contributed by atoms with van der Waals surface area (Å²) in [6, 6.07) is 17.8. The van der Waals surface area contributed by atoms with Crippen LogP contribution < -0.4 is 5.43 Å². The van der Waals surface area contributed by atoms with Gasteiger partial charge < -0.3 is 4.98 Å². The first-order valence-corrected chi connectivity index (χ1v) is 9.38. The molecule has 0 saturated carbocycles.